The molecule has 1 amide bonds. The van der Waals surface area contributed by atoms with E-state index in [1.54, 1.807) is 18.4 Å². The summed E-state index contributed by atoms with van der Waals surface area (Å²) in [5.74, 6) is 0.718. The zero-order chi connectivity index (χ0) is 13.8. The van der Waals surface area contributed by atoms with Crippen molar-refractivity contribution < 1.29 is 4.79 Å². The SMILES string of the molecule is CNC(=O)C1CCCN(C(C)c2nc(CCl)cs2)C1. The largest absolute Gasteiger partial charge is 0.359 e. The van der Waals surface area contributed by atoms with Crippen LogP contribution in [0.4, 0.5) is 0 Å². The van der Waals surface area contributed by atoms with Gasteiger partial charge in [-0.3, -0.25) is 9.69 Å². The first kappa shape index (κ1) is 14.8. The van der Waals surface area contributed by atoms with Gasteiger partial charge in [-0.15, -0.1) is 22.9 Å². The monoisotopic (exact) mass is 301 g/mol. The van der Waals surface area contributed by atoms with Crippen molar-refractivity contribution in [1.82, 2.24) is 15.2 Å². The number of nitrogens with one attached hydrogen (secondary N) is 1. The van der Waals surface area contributed by atoms with E-state index >= 15 is 0 Å². The van der Waals surface area contributed by atoms with Gasteiger partial charge in [0.05, 0.1) is 23.5 Å². The second-order valence-corrected chi connectivity index (χ2v) is 6.09. The first-order valence-corrected chi connectivity index (χ1v) is 8.03. The molecule has 2 unspecified atom stereocenters. The molecule has 1 fully saturated rings. The Morgan fingerprint density at radius 3 is 3.16 bits per heavy atom. The third-order valence-electron chi connectivity index (χ3n) is 3.68. The molecule has 0 radical (unpaired) electrons. The normalized spacial score (nSPS) is 22.2. The fourth-order valence-electron chi connectivity index (χ4n) is 2.51. The number of halogens is 1. The molecule has 1 saturated heterocycles. The number of amides is 1. The van der Waals surface area contributed by atoms with Gasteiger partial charge >= 0.3 is 0 Å². The smallest absolute Gasteiger partial charge is 0.224 e. The number of hydrogen-bond donors (Lipinski definition) is 1. The Morgan fingerprint density at radius 1 is 1.74 bits per heavy atom. The van der Waals surface area contributed by atoms with Gasteiger partial charge in [0, 0.05) is 19.0 Å². The van der Waals surface area contributed by atoms with Crippen LogP contribution >= 0.6 is 22.9 Å². The lowest BCUT2D eigenvalue weighted by molar-refractivity contribution is -0.126. The van der Waals surface area contributed by atoms with Crippen LogP contribution < -0.4 is 5.32 Å². The lowest BCUT2D eigenvalue weighted by Crippen LogP contribution is -2.43. The summed E-state index contributed by atoms with van der Waals surface area (Å²) in [6.07, 6.45) is 2.05. The van der Waals surface area contributed by atoms with E-state index in [1.807, 2.05) is 5.38 Å². The van der Waals surface area contributed by atoms with Crippen molar-refractivity contribution in [1.29, 1.82) is 0 Å². The maximum absolute atomic E-state index is 11.8. The molecule has 0 saturated carbocycles. The van der Waals surface area contributed by atoms with Crippen molar-refractivity contribution in [3.8, 4) is 0 Å². The lowest BCUT2D eigenvalue weighted by Gasteiger charge is -2.35. The number of thiazole rings is 1. The van der Waals surface area contributed by atoms with Crippen molar-refractivity contribution >= 4 is 28.8 Å². The summed E-state index contributed by atoms with van der Waals surface area (Å²) in [6, 6.07) is 0.259. The molecule has 2 rings (SSSR count). The molecule has 4 nitrogen and oxygen atoms in total. The van der Waals surface area contributed by atoms with Gasteiger partial charge < -0.3 is 5.32 Å². The van der Waals surface area contributed by atoms with E-state index in [2.05, 4.69) is 22.1 Å². The Kier molecular flexibility index (Phi) is 5.19. The number of alkyl halides is 1. The number of piperidine rings is 1. The van der Waals surface area contributed by atoms with Gasteiger partial charge in [-0.1, -0.05) is 0 Å². The molecule has 0 spiro atoms. The fraction of sp³-hybridized carbons (Fsp3) is 0.692. The highest BCUT2D eigenvalue weighted by atomic mass is 35.5. The summed E-state index contributed by atoms with van der Waals surface area (Å²) in [7, 11) is 1.71. The number of aromatic nitrogens is 1. The molecule has 1 N–H and O–H groups in total. The van der Waals surface area contributed by atoms with E-state index in [1.165, 1.54) is 0 Å². The molecule has 1 aliphatic rings. The van der Waals surface area contributed by atoms with Crippen molar-refractivity contribution in [2.24, 2.45) is 5.92 Å². The minimum atomic E-state index is 0.105. The zero-order valence-corrected chi connectivity index (χ0v) is 12.9. The summed E-state index contributed by atoms with van der Waals surface area (Å²) in [5.41, 5.74) is 0.938. The molecule has 1 aromatic heterocycles. The molecule has 0 aliphatic carbocycles. The van der Waals surface area contributed by atoms with Crippen molar-refractivity contribution in [3.63, 3.8) is 0 Å². The number of hydrogen-bond acceptors (Lipinski definition) is 4. The first-order chi connectivity index (χ1) is 9.15. The van der Waals surface area contributed by atoms with Gasteiger partial charge in [0.15, 0.2) is 0 Å². The highest BCUT2D eigenvalue weighted by Gasteiger charge is 2.29. The maximum atomic E-state index is 11.8. The number of rotatable bonds is 4. The topological polar surface area (TPSA) is 45.2 Å². The number of likely N-dealkylation sites (tertiary alicyclic amines) is 1. The average molecular weight is 302 g/mol. The number of carbonyl (C=O) groups is 1. The molecular weight excluding hydrogens is 282 g/mol. The molecule has 0 aromatic carbocycles. The van der Waals surface area contributed by atoms with Gasteiger partial charge in [-0.2, -0.15) is 0 Å². The summed E-state index contributed by atoms with van der Waals surface area (Å²) in [6.45, 7) is 4.00. The third-order valence-corrected chi connectivity index (χ3v) is 5.02. The highest BCUT2D eigenvalue weighted by Crippen LogP contribution is 2.28. The van der Waals surface area contributed by atoms with Crippen LogP contribution in [0.25, 0.3) is 0 Å². The Balaban J connectivity index is 2.02. The third kappa shape index (κ3) is 3.46. The van der Waals surface area contributed by atoms with Crippen LogP contribution in [0.1, 0.15) is 36.5 Å². The molecule has 2 atom stereocenters. The summed E-state index contributed by atoms with van der Waals surface area (Å²) < 4.78 is 0. The molecule has 6 heteroatoms. The standard InChI is InChI=1S/C13H20ClN3OS/c1-9(13-16-11(6-14)8-19-13)17-5-3-4-10(7-17)12(18)15-2/h8-10H,3-7H2,1-2H3,(H,15,18). The maximum Gasteiger partial charge on any atom is 0.224 e. The van der Waals surface area contributed by atoms with E-state index in [9.17, 15) is 4.79 Å². The predicted octanol–water partition coefficient (Wildman–Crippen LogP) is 2.40. The fourth-order valence-corrected chi connectivity index (χ4v) is 3.65. The minimum Gasteiger partial charge on any atom is -0.359 e. The lowest BCUT2D eigenvalue weighted by atomic mass is 9.96. The molecule has 1 aliphatic heterocycles. The predicted molar refractivity (Wildman–Crippen MR) is 78.4 cm³/mol. The average Bonchev–Trinajstić information content (AvgIpc) is 2.94. The van der Waals surface area contributed by atoms with Gasteiger partial charge in [-0.05, 0) is 26.3 Å². The Bertz CT molecular complexity index is 437. The summed E-state index contributed by atoms with van der Waals surface area (Å²) >= 11 is 7.45. The van der Waals surface area contributed by atoms with Gasteiger partial charge in [0.25, 0.3) is 0 Å². The van der Waals surface area contributed by atoms with E-state index < -0.39 is 0 Å². The minimum absolute atomic E-state index is 0.105. The van der Waals surface area contributed by atoms with Crippen LogP contribution in [0.2, 0.25) is 0 Å². The molecule has 0 bridgehead atoms. The highest BCUT2D eigenvalue weighted by molar-refractivity contribution is 7.09. The quantitative estimate of drug-likeness (QED) is 0.869. The van der Waals surface area contributed by atoms with Crippen LogP contribution in [-0.2, 0) is 10.7 Å². The van der Waals surface area contributed by atoms with Crippen LogP contribution in [0.3, 0.4) is 0 Å². The Morgan fingerprint density at radius 2 is 2.53 bits per heavy atom. The summed E-state index contributed by atoms with van der Waals surface area (Å²) in [4.78, 5) is 18.6. The van der Waals surface area contributed by atoms with Crippen molar-refractivity contribution in [3.05, 3.63) is 16.1 Å². The van der Waals surface area contributed by atoms with E-state index in [0.717, 1.165) is 36.6 Å². The molecular formula is C13H20ClN3OS. The summed E-state index contributed by atoms with van der Waals surface area (Å²) in [5, 5.41) is 5.85. The molecule has 1 aromatic rings. The van der Waals surface area contributed by atoms with Crippen molar-refractivity contribution in [2.75, 3.05) is 20.1 Å². The van der Waals surface area contributed by atoms with E-state index in [0.29, 0.717) is 5.88 Å². The Hall–Kier alpha value is -0.650. The number of nitrogens with zero attached hydrogens (tertiary/aromatic N) is 2. The zero-order valence-electron chi connectivity index (χ0n) is 11.4. The molecule has 19 heavy (non-hydrogen) atoms. The molecule has 106 valence electrons. The van der Waals surface area contributed by atoms with E-state index in [4.69, 9.17) is 11.6 Å². The van der Waals surface area contributed by atoms with Gasteiger partial charge in [0.2, 0.25) is 5.91 Å². The second kappa shape index (κ2) is 6.68. The van der Waals surface area contributed by atoms with Crippen LogP contribution in [0, 0.1) is 5.92 Å². The molecule has 2 heterocycles. The van der Waals surface area contributed by atoms with Gasteiger partial charge in [-0.25, -0.2) is 4.98 Å². The van der Waals surface area contributed by atoms with Crippen LogP contribution in [0.5, 0.6) is 0 Å². The van der Waals surface area contributed by atoms with Gasteiger partial charge in [0.1, 0.15) is 5.01 Å². The number of carbonyl (C=O) groups excluding carboxylic acids is 1. The van der Waals surface area contributed by atoms with Crippen LogP contribution in [-0.4, -0.2) is 35.9 Å². The second-order valence-electron chi connectivity index (χ2n) is 4.94. The van der Waals surface area contributed by atoms with E-state index in [-0.39, 0.29) is 17.9 Å². The van der Waals surface area contributed by atoms with Crippen LogP contribution in [0.15, 0.2) is 5.38 Å². The first-order valence-electron chi connectivity index (χ1n) is 6.61. The Labute approximate surface area is 123 Å². The van der Waals surface area contributed by atoms with Crippen molar-refractivity contribution in [2.45, 2.75) is 31.7 Å².